The van der Waals surface area contributed by atoms with E-state index in [0.29, 0.717) is 0 Å². The van der Waals surface area contributed by atoms with Gasteiger partial charge in [0.1, 0.15) is 5.25 Å². The van der Waals surface area contributed by atoms with E-state index in [9.17, 15) is 0 Å². The highest BCUT2D eigenvalue weighted by molar-refractivity contribution is 7.80. The summed E-state index contributed by atoms with van der Waals surface area (Å²) in [5.41, 5.74) is 0.952. The van der Waals surface area contributed by atoms with Crippen LogP contribution in [0.5, 0.6) is 0 Å². The van der Waals surface area contributed by atoms with E-state index >= 15 is 0 Å². The minimum Gasteiger partial charge on any atom is -0.197 e. The molecule has 0 N–H and O–H groups in total. The second-order valence-electron chi connectivity index (χ2n) is 1.94. The van der Waals surface area contributed by atoms with Crippen molar-refractivity contribution in [2.45, 2.75) is 5.25 Å². The molecule has 0 spiro atoms. The van der Waals surface area contributed by atoms with Crippen molar-refractivity contribution in [2.75, 3.05) is 0 Å². The Morgan fingerprint density at radius 1 is 1.30 bits per heavy atom. The molecule has 0 aromatic heterocycles. The first-order valence-corrected chi connectivity index (χ1v) is 3.49. The van der Waals surface area contributed by atoms with Gasteiger partial charge in [-0.3, -0.25) is 0 Å². The van der Waals surface area contributed by atoms with Gasteiger partial charge in [0, 0.05) is 0 Å². The fraction of sp³-hybridized carbons (Fsp3) is 0.125. The first-order valence-electron chi connectivity index (χ1n) is 2.97. The normalized spacial score (nSPS) is 12.0. The predicted molar refractivity (Wildman–Crippen MR) is 43.8 cm³/mol. The van der Waals surface area contributed by atoms with Crippen molar-refractivity contribution >= 4 is 12.6 Å². The molecule has 0 saturated heterocycles. The average Bonchev–Trinajstić information content (AvgIpc) is 2.05. The standard InChI is InChI=1S/C8H7NS/c9-6-8(10)7-4-2-1-3-5-7/h1-5,8,10H/t8-/m1/s1. The zero-order chi connectivity index (χ0) is 7.40. The molecule has 1 rings (SSSR count). The molecule has 0 aliphatic rings. The molecule has 1 nitrogen and oxygen atoms in total. The summed E-state index contributed by atoms with van der Waals surface area (Å²) >= 11 is 4.06. The molecule has 0 amide bonds. The molecule has 2 heteroatoms. The number of hydrogen-bond acceptors (Lipinski definition) is 2. The molecule has 0 bridgehead atoms. The van der Waals surface area contributed by atoms with Crippen LogP contribution in [-0.2, 0) is 0 Å². The first-order chi connectivity index (χ1) is 4.84. The summed E-state index contributed by atoms with van der Waals surface area (Å²) in [6.07, 6.45) is 0. The average molecular weight is 149 g/mol. The predicted octanol–water partition coefficient (Wildman–Crippen LogP) is 2.18. The number of hydrogen-bond donors (Lipinski definition) is 1. The Morgan fingerprint density at radius 2 is 1.90 bits per heavy atom. The van der Waals surface area contributed by atoms with Crippen LogP contribution in [0.2, 0.25) is 0 Å². The summed E-state index contributed by atoms with van der Waals surface area (Å²) in [6.45, 7) is 0. The van der Waals surface area contributed by atoms with E-state index in [4.69, 9.17) is 5.26 Å². The second kappa shape index (κ2) is 3.28. The molecular weight excluding hydrogens is 142 g/mol. The summed E-state index contributed by atoms with van der Waals surface area (Å²) in [7, 11) is 0. The second-order valence-corrected chi connectivity index (χ2v) is 2.46. The Bertz CT molecular complexity index is 237. The van der Waals surface area contributed by atoms with Crippen molar-refractivity contribution in [1.82, 2.24) is 0 Å². The fourth-order valence-electron chi connectivity index (χ4n) is 0.710. The third kappa shape index (κ3) is 1.52. The van der Waals surface area contributed by atoms with Gasteiger partial charge in [0.05, 0.1) is 6.07 Å². The Morgan fingerprint density at radius 3 is 2.40 bits per heavy atom. The fourth-order valence-corrected chi connectivity index (χ4v) is 0.882. The van der Waals surface area contributed by atoms with Gasteiger partial charge in [0.15, 0.2) is 0 Å². The van der Waals surface area contributed by atoms with Crippen LogP contribution in [0.25, 0.3) is 0 Å². The lowest BCUT2D eigenvalue weighted by molar-refractivity contribution is 1.24. The first kappa shape index (κ1) is 7.17. The van der Waals surface area contributed by atoms with Crippen molar-refractivity contribution in [3.8, 4) is 6.07 Å². The van der Waals surface area contributed by atoms with E-state index in [1.165, 1.54) is 0 Å². The Kier molecular flexibility index (Phi) is 2.35. The van der Waals surface area contributed by atoms with Crippen LogP contribution in [0.15, 0.2) is 30.3 Å². The highest BCUT2D eigenvalue weighted by atomic mass is 32.1. The smallest absolute Gasteiger partial charge is 0.114 e. The van der Waals surface area contributed by atoms with E-state index in [1.807, 2.05) is 36.4 Å². The van der Waals surface area contributed by atoms with Gasteiger partial charge in [0.25, 0.3) is 0 Å². The molecule has 0 saturated carbocycles. The van der Waals surface area contributed by atoms with Gasteiger partial charge in [-0.15, -0.1) is 0 Å². The van der Waals surface area contributed by atoms with Gasteiger partial charge in [-0.25, -0.2) is 0 Å². The molecule has 1 aromatic carbocycles. The van der Waals surface area contributed by atoms with E-state index in [-0.39, 0.29) is 5.25 Å². The summed E-state index contributed by atoms with van der Waals surface area (Å²) in [5.74, 6) is 0. The summed E-state index contributed by atoms with van der Waals surface area (Å²) < 4.78 is 0. The van der Waals surface area contributed by atoms with E-state index in [2.05, 4.69) is 12.6 Å². The van der Waals surface area contributed by atoms with E-state index in [1.54, 1.807) is 0 Å². The minimum absolute atomic E-state index is 0.291. The molecule has 1 atom stereocenters. The molecule has 0 heterocycles. The molecule has 50 valence electrons. The summed E-state index contributed by atoms with van der Waals surface area (Å²) in [6, 6.07) is 11.5. The van der Waals surface area contributed by atoms with Crippen LogP contribution < -0.4 is 0 Å². The van der Waals surface area contributed by atoms with Crippen molar-refractivity contribution in [3.05, 3.63) is 35.9 Å². The van der Waals surface area contributed by atoms with Gasteiger partial charge in [-0.05, 0) is 5.56 Å². The van der Waals surface area contributed by atoms with Crippen molar-refractivity contribution in [1.29, 1.82) is 5.26 Å². The quantitative estimate of drug-likeness (QED) is 0.608. The molecule has 0 aliphatic heterocycles. The topological polar surface area (TPSA) is 23.8 Å². The van der Waals surface area contributed by atoms with Gasteiger partial charge in [-0.2, -0.15) is 17.9 Å². The lowest BCUT2D eigenvalue weighted by Crippen LogP contribution is -1.83. The van der Waals surface area contributed by atoms with Gasteiger partial charge in [-0.1, -0.05) is 30.3 Å². The van der Waals surface area contributed by atoms with Crippen LogP contribution >= 0.6 is 12.6 Å². The number of rotatable bonds is 1. The zero-order valence-corrected chi connectivity index (χ0v) is 6.25. The summed E-state index contributed by atoms with van der Waals surface area (Å²) in [4.78, 5) is 0. The molecule has 0 aliphatic carbocycles. The maximum atomic E-state index is 8.46. The SMILES string of the molecule is N#C[C@@H](S)c1ccccc1. The Hall–Kier alpha value is -0.940. The highest BCUT2D eigenvalue weighted by Gasteiger charge is 2.00. The third-order valence-corrected chi connectivity index (χ3v) is 1.65. The largest absolute Gasteiger partial charge is 0.197 e. The van der Waals surface area contributed by atoms with Crippen LogP contribution in [0.4, 0.5) is 0 Å². The molecule has 10 heavy (non-hydrogen) atoms. The number of nitrogens with zero attached hydrogens (tertiary/aromatic N) is 1. The Labute approximate surface area is 65.7 Å². The minimum atomic E-state index is -0.291. The molecule has 0 fully saturated rings. The summed E-state index contributed by atoms with van der Waals surface area (Å²) in [5, 5.41) is 8.17. The van der Waals surface area contributed by atoms with Gasteiger partial charge in [0.2, 0.25) is 0 Å². The zero-order valence-electron chi connectivity index (χ0n) is 5.36. The van der Waals surface area contributed by atoms with Crippen LogP contribution in [0.1, 0.15) is 10.8 Å². The van der Waals surface area contributed by atoms with E-state index < -0.39 is 0 Å². The van der Waals surface area contributed by atoms with Crippen LogP contribution in [0, 0.1) is 11.3 Å². The van der Waals surface area contributed by atoms with E-state index in [0.717, 1.165) is 5.56 Å². The monoisotopic (exact) mass is 149 g/mol. The molecular formula is C8H7NS. The molecule has 0 radical (unpaired) electrons. The van der Waals surface area contributed by atoms with Gasteiger partial charge >= 0.3 is 0 Å². The third-order valence-electron chi connectivity index (χ3n) is 1.24. The van der Waals surface area contributed by atoms with Gasteiger partial charge < -0.3 is 0 Å². The highest BCUT2D eigenvalue weighted by Crippen LogP contribution is 2.16. The van der Waals surface area contributed by atoms with Crippen molar-refractivity contribution in [2.24, 2.45) is 0 Å². The maximum Gasteiger partial charge on any atom is 0.114 e. The molecule has 0 unspecified atom stereocenters. The van der Waals surface area contributed by atoms with Crippen molar-refractivity contribution in [3.63, 3.8) is 0 Å². The van der Waals surface area contributed by atoms with Crippen LogP contribution in [0.3, 0.4) is 0 Å². The Balaban J connectivity index is 2.88. The number of thiol groups is 1. The lowest BCUT2D eigenvalue weighted by atomic mass is 10.2. The maximum absolute atomic E-state index is 8.46. The number of benzene rings is 1. The number of nitriles is 1. The lowest BCUT2D eigenvalue weighted by Gasteiger charge is -1.98. The van der Waals surface area contributed by atoms with Crippen molar-refractivity contribution < 1.29 is 0 Å². The van der Waals surface area contributed by atoms with Crippen LogP contribution in [-0.4, -0.2) is 0 Å². The molecule has 1 aromatic rings.